The number of thioether (sulfide) groups is 1. The third kappa shape index (κ3) is 4.32. The SMILES string of the molecule is C=CCNc1nnc(S[C@@H](C)C(=O)N(C)c2ccccc2)s1. The number of carbonyl (C=O) groups excluding carboxylic acids is 1. The van der Waals surface area contributed by atoms with Crippen molar-refractivity contribution >= 4 is 39.8 Å². The Labute approximate surface area is 138 Å². The summed E-state index contributed by atoms with van der Waals surface area (Å²) in [4.78, 5) is 14.1. The van der Waals surface area contributed by atoms with Crippen LogP contribution in [-0.2, 0) is 4.79 Å². The molecule has 116 valence electrons. The Kier molecular flexibility index (Phi) is 5.97. The molecule has 1 aromatic heterocycles. The lowest BCUT2D eigenvalue weighted by Crippen LogP contribution is -2.33. The van der Waals surface area contributed by atoms with E-state index in [2.05, 4.69) is 22.1 Å². The summed E-state index contributed by atoms with van der Waals surface area (Å²) in [5.74, 6) is 0.0343. The molecule has 0 spiro atoms. The molecule has 1 heterocycles. The minimum atomic E-state index is -0.231. The van der Waals surface area contributed by atoms with Crippen LogP contribution in [0, 0.1) is 0 Å². The second kappa shape index (κ2) is 7.95. The van der Waals surface area contributed by atoms with Gasteiger partial charge in [-0.2, -0.15) is 0 Å². The fourth-order valence-corrected chi connectivity index (χ4v) is 3.74. The number of amides is 1. The summed E-state index contributed by atoms with van der Waals surface area (Å²) in [7, 11) is 1.78. The first-order valence-corrected chi connectivity index (χ1v) is 8.49. The maximum Gasteiger partial charge on any atom is 0.240 e. The number of aromatic nitrogens is 2. The molecule has 0 fully saturated rings. The maximum atomic E-state index is 12.5. The molecule has 0 saturated carbocycles. The lowest BCUT2D eigenvalue weighted by molar-refractivity contribution is -0.117. The highest BCUT2D eigenvalue weighted by atomic mass is 32.2. The van der Waals surface area contributed by atoms with E-state index in [1.54, 1.807) is 18.0 Å². The van der Waals surface area contributed by atoms with E-state index in [-0.39, 0.29) is 11.2 Å². The maximum absolute atomic E-state index is 12.5. The van der Waals surface area contributed by atoms with E-state index in [0.29, 0.717) is 6.54 Å². The molecule has 7 heteroatoms. The van der Waals surface area contributed by atoms with Gasteiger partial charge in [-0.15, -0.1) is 16.8 Å². The second-order valence-corrected chi connectivity index (χ2v) is 7.10. The van der Waals surface area contributed by atoms with Gasteiger partial charge in [0, 0.05) is 19.3 Å². The number of hydrogen-bond donors (Lipinski definition) is 1. The van der Waals surface area contributed by atoms with E-state index in [1.807, 2.05) is 37.3 Å². The van der Waals surface area contributed by atoms with Crippen LogP contribution in [0.5, 0.6) is 0 Å². The van der Waals surface area contributed by atoms with Crippen molar-refractivity contribution in [3.05, 3.63) is 43.0 Å². The lowest BCUT2D eigenvalue weighted by Gasteiger charge is -2.20. The molecule has 0 aliphatic rings. The summed E-state index contributed by atoms with van der Waals surface area (Å²) in [5.41, 5.74) is 0.880. The van der Waals surface area contributed by atoms with Crippen LogP contribution in [0.25, 0.3) is 0 Å². The molecule has 1 amide bonds. The van der Waals surface area contributed by atoms with E-state index in [4.69, 9.17) is 0 Å². The van der Waals surface area contributed by atoms with Gasteiger partial charge in [0.05, 0.1) is 5.25 Å². The van der Waals surface area contributed by atoms with Gasteiger partial charge >= 0.3 is 0 Å². The highest BCUT2D eigenvalue weighted by Crippen LogP contribution is 2.30. The quantitative estimate of drug-likeness (QED) is 0.622. The van der Waals surface area contributed by atoms with Crippen molar-refractivity contribution in [1.29, 1.82) is 0 Å². The average molecular weight is 334 g/mol. The Balaban J connectivity index is 1.96. The summed E-state index contributed by atoms with van der Waals surface area (Å²) >= 11 is 2.85. The van der Waals surface area contributed by atoms with Gasteiger partial charge in [0.25, 0.3) is 0 Å². The highest BCUT2D eigenvalue weighted by Gasteiger charge is 2.21. The molecule has 5 nitrogen and oxygen atoms in total. The number of anilines is 2. The Morgan fingerprint density at radius 1 is 1.45 bits per heavy atom. The first-order chi connectivity index (χ1) is 10.6. The number of nitrogens with one attached hydrogen (secondary N) is 1. The molecule has 0 aliphatic heterocycles. The predicted octanol–water partition coefficient (Wildman–Crippen LogP) is 3.28. The van der Waals surface area contributed by atoms with Crippen LogP contribution in [0.1, 0.15) is 6.92 Å². The fourth-order valence-electron chi connectivity index (χ4n) is 1.74. The molecule has 22 heavy (non-hydrogen) atoms. The minimum Gasteiger partial charge on any atom is -0.357 e. The van der Waals surface area contributed by atoms with Gasteiger partial charge in [0.2, 0.25) is 11.0 Å². The summed E-state index contributed by atoms with van der Waals surface area (Å²) in [6.07, 6.45) is 1.76. The van der Waals surface area contributed by atoms with Gasteiger partial charge in [0.15, 0.2) is 4.34 Å². The van der Waals surface area contributed by atoms with Crippen LogP contribution in [-0.4, -0.2) is 34.9 Å². The lowest BCUT2D eigenvalue weighted by atomic mass is 10.3. The largest absolute Gasteiger partial charge is 0.357 e. The monoisotopic (exact) mass is 334 g/mol. The van der Waals surface area contributed by atoms with E-state index in [9.17, 15) is 4.79 Å². The van der Waals surface area contributed by atoms with E-state index in [1.165, 1.54) is 23.1 Å². The molecule has 0 aliphatic carbocycles. The van der Waals surface area contributed by atoms with Crippen LogP contribution in [0.15, 0.2) is 47.3 Å². The number of nitrogens with zero attached hydrogens (tertiary/aromatic N) is 3. The smallest absolute Gasteiger partial charge is 0.240 e. The summed E-state index contributed by atoms with van der Waals surface area (Å²) in [6.45, 7) is 6.16. The van der Waals surface area contributed by atoms with Crippen molar-refractivity contribution in [3.8, 4) is 0 Å². The first kappa shape index (κ1) is 16.5. The predicted molar refractivity (Wildman–Crippen MR) is 93.8 cm³/mol. The van der Waals surface area contributed by atoms with Crippen molar-refractivity contribution in [2.75, 3.05) is 23.8 Å². The van der Waals surface area contributed by atoms with Gasteiger partial charge in [-0.3, -0.25) is 4.79 Å². The molecular weight excluding hydrogens is 316 g/mol. The van der Waals surface area contributed by atoms with E-state index < -0.39 is 0 Å². The van der Waals surface area contributed by atoms with Crippen LogP contribution in [0.2, 0.25) is 0 Å². The molecular formula is C15H18N4OS2. The summed E-state index contributed by atoms with van der Waals surface area (Å²) in [6, 6.07) is 9.59. The Morgan fingerprint density at radius 2 is 2.18 bits per heavy atom. The topological polar surface area (TPSA) is 58.1 Å². The van der Waals surface area contributed by atoms with Crippen molar-refractivity contribution < 1.29 is 4.79 Å². The van der Waals surface area contributed by atoms with Crippen molar-refractivity contribution in [3.63, 3.8) is 0 Å². The summed E-state index contributed by atoms with van der Waals surface area (Å²) < 4.78 is 0.772. The van der Waals surface area contributed by atoms with Gasteiger partial charge in [-0.05, 0) is 19.1 Å². The Hall–Kier alpha value is -1.86. The van der Waals surface area contributed by atoms with E-state index >= 15 is 0 Å². The normalized spacial score (nSPS) is 11.7. The molecule has 2 rings (SSSR count). The zero-order valence-electron chi connectivity index (χ0n) is 12.5. The van der Waals surface area contributed by atoms with Crippen molar-refractivity contribution in [2.24, 2.45) is 0 Å². The standard InChI is InChI=1S/C15H18N4OS2/c1-4-10-16-14-17-18-15(22-14)21-11(2)13(20)19(3)12-8-6-5-7-9-12/h4-9,11H,1,10H2,2-3H3,(H,16,17)/t11-/m0/s1. The fraction of sp³-hybridized carbons (Fsp3) is 0.267. The Bertz CT molecular complexity index is 629. The van der Waals surface area contributed by atoms with Crippen molar-refractivity contribution in [1.82, 2.24) is 10.2 Å². The number of benzene rings is 1. The molecule has 1 aromatic carbocycles. The average Bonchev–Trinajstić information content (AvgIpc) is 2.99. The zero-order valence-corrected chi connectivity index (χ0v) is 14.2. The van der Waals surface area contributed by atoms with Crippen LogP contribution in [0.3, 0.4) is 0 Å². The van der Waals surface area contributed by atoms with Crippen LogP contribution < -0.4 is 10.2 Å². The van der Waals surface area contributed by atoms with E-state index in [0.717, 1.165) is 15.2 Å². The number of hydrogen-bond acceptors (Lipinski definition) is 6. The number of para-hydroxylation sites is 1. The van der Waals surface area contributed by atoms with Gasteiger partial charge < -0.3 is 10.2 Å². The molecule has 2 aromatic rings. The van der Waals surface area contributed by atoms with Gasteiger partial charge in [0.1, 0.15) is 0 Å². The molecule has 0 radical (unpaired) electrons. The third-order valence-electron chi connectivity index (χ3n) is 2.90. The third-order valence-corrected chi connectivity index (χ3v) is 4.96. The van der Waals surface area contributed by atoms with Crippen molar-refractivity contribution in [2.45, 2.75) is 16.5 Å². The molecule has 1 N–H and O–H groups in total. The van der Waals surface area contributed by atoms with Gasteiger partial charge in [-0.1, -0.05) is 47.4 Å². The highest BCUT2D eigenvalue weighted by molar-refractivity contribution is 8.02. The van der Waals surface area contributed by atoms with Crippen LogP contribution in [0.4, 0.5) is 10.8 Å². The zero-order chi connectivity index (χ0) is 15.9. The number of rotatable bonds is 7. The second-order valence-electron chi connectivity index (χ2n) is 4.54. The molecule has 0 unspecified atom stereocenters. The Morgan fingerprint density at radius 3 is 2.86 bits per heavy atom. The van der Waals surface area contributed by atoms with Crippen LogP contribution >= 0.6 is 23.1 Å². The molecule has 0 bridgehead atoms. The molecule has 0 saturated heterocycles. The first-order valence-electron chi connectivity index (χ1n) is 6.79. The summed E-state index contributed by atoms with van der Waals surface area (Å²) in [5, 5.41) is 11.7. The molecule has 1 atom stereocenters. The minimum absolute atomic E-state index is 0.0343. The van der Waals surface area contributed by atoms with Gasteiger partial charge in [-0.25, -0.2) is 0 Å². The number of carbonyl (C=O) groups is 1.